The van der Waals surface area contributed by atoms with E-state index in [4.69, 9.17) is 0 Å². The maximum atomic E-state index is 14.6. The van der Waals surface area contributed by atoms with Crippen molar-refractivity contribution in [2.75, 3.05) is 5.32 Å². The van der Waals surface area contributed by atoms with Gasteiger partial charge in [0.05, 0.1) is 19.2 Å². The summed E-state index contributed by atoms with van der Waals surface area (Å²) in [6, 6.07) is 7.63. The summed E-state index contributed by atoms with van der Waals surface area (Å²) in [6.07, 6.45) is -3.22. The lowest BCUT2D eigenvalue weighted by Gasteiger charge is -2.11. The molecule has 4 rings (SSSR count). The lowest BCUT2D eigenvalue weighted by molar-refractivity contribution is -0.274. The van der Waals surface area contributed by atoms with Crippen LogP contribution in [0.4, 0.5) is 27.1 Å². The summed E-state index contributed by atoms with van der Waals surface area (Å²) < 4.78 is 70.5. The third kappa shape index (κ3) is 9.26. The van der Waals surface area contributed by atoms with Gasteiger partial charge in [-0.25, -0.2) is 13.5 Å². The Kier molecular flexibility index (Phi) is 9.49. The third-order valence-corrected chi connectivity index (χ3v) is 6.20. The molecule has 17 heteroatoms. The molecule has 1 unspecified atom stereocenters. The minimum atomic E-state index is -4.95. The van der Waals surface area contributed by atoms with Gasteiger partial charge in [-0.2, -0.15) is 0 Å². The molecule has 0 aliphatic rings. The number of carbonyl (C=O) groups excluding carboxylic acids is 2. The highest BCUT2D eigenvalue weighted by atomic mass is 32.1. The molecule has 0 radical (unpaired) electrons. The minimum absolute atomic E-state index is 0.0491. The van der Waals surface area contributed by atoms with Crippen LogP contribution in [0.3, 0.4) is 0 Å². The van der Waals surface area contributed by atoms with E-state index < -0.39 is 36.6 Å². The molecule has 0 saturated heterocycles. The van der Waals surface area contributed by atoms with Crippen LogP contribution in [-0.4, -0.2) is 54.5 Å². The van der Waals surface area contributed by atoms with E-state index >= 15 is 0 Å². The van der Waals surface area contributed by atoms with Gasteiger partial charge in [0.1, 0.15) is 22.7 Å². The Labute approximate surface area is 232 Å². The SMILES string of the molecule is O=C(Cc1ccccn1)Nc1nnc(CCC(F)Cn2cc(C(=O)NCc3cc(OC(F)(F)F)ccc3F)nn2)s1. The molecule has 4 aromatic rings. The van der Waals surface area contributed by atoms with Gasteiger partial charge >= 0.3 is 6.36 Å². The van der Waals surface area contributed by atoms with Crippen molar-refractivity contribution < 1.29 is 36.3 Å². The summed E-state index contributed by atoms with van der Waals surface area (Å²) in [4.78, 5) is 28.5. The topological polar surface area (TPSA) is 137 Å². The van der Waals surface area contributed by atoms with Crippen LogP contribution in [0.5, 0.6) is 5.75 Å². The van der Waals surface area contributed by atoms with Gasteiger partial charge in [-0.05, 0) is 36.8 Å². The highest BCUT2D eigenvalue weighted by Gasteiger charge is 2.31. The monoisotopic (exact) mass is 596 g/mol. The predicted octanol–water partition coefficient (Wildman–Crippen LogP) is 3.64. The molecule has 1 atom stereocenters. The number of rotatable bonds is 12. The average molecular weight is 597 g/mol. The smallest absolute Gasteiger partial charge is 0.406 e. The van der Waals surface area contributed by atoms with Crippen LogP contribution in [0.25, 0.3) is 0 Å². The normalized spacial score (nSPS) is 12.1. The van der Waals surface area contributed by atoms with Gasteiger partial charge in [-0.15, -0.1) is 28.5 Å². The van der Waals surface area contributed by atoms with Gasteiger partial charge in [-0.1, -0.05) is 22.6 Å². The molecule has 41 heavy (non-hydrogen) atoms. The number of hydrogen-bond acceptors (Lipinski definition) is 9. The Balaban J connectivity index is 1.21. The largest absolute Gasteiger partial charge is 0.573 e. The van der Waals surface area contributed by atoms with Crippen LogP contribution >= 0.6 is 11.3 Å². The minimum Gasteiger partial charge on any atom is -0.406 e. The van der Waals surface area contributed by atoms with Crippen molar-refractivity contribution in [3.8, 4) is 5.75 Å². The van der Waals surface area contributed by atoms with E-state index in [0.29, 0.717) is 10.7 Å². The molecule has 2 N–H and O–H groups in total. The number of anilines is 1. The van der Waals surface area contributed by atoms with Crippen LogP contribution in [0.2, 0.25) is 0 Å². The third-order valence-electron chi connectivity index (χ3n) is 5.30. The first-order chi connectivity index (χ1) is 19.5. The van der Waals surface area contributed by atoms with Crippen molar-refractivity contribution in [3.05, 3.63) is 76.6 Å². The van der Waals surface area contributed by atoms with Gasteiger partial charge in [0.25, 0.3) is 5.91 Å². The summed E-state index contributed by atoms with van der Waals surface area (Å²) in [5, 5.41) is 20.9. The molecule has 0 spiro atoms. The number of aromatic nitrogens is 6. The fourth-order valence-corrected chi connectivity index (χ4v) is 4.22. The summed E-state index contributed by atoms with van der Waals surface area (Å²) in [5.41, 5.74) is 0.154. The molecule has 11 nitrogen and oxygen atoms in total. The van der Waals surface area contributed by atoms with Crippen LogP contribution in [0.15, 0.2) is 48.8 Å². The molecule has 3 heterocycles. The molecular formula is C24H21F5N8O3S. The number of benzene rings is 1. The van der Waals surface area contributed by atoms with E-state index in [1.165, 1.54) is 6.20 Å². The first-order valence-corrected chi connectivity index (χ1v) is 12.7. The zero-order valence-corrected chi connectivity index (χ0v) is 21.8. The molecule has 0 bridgehead atoms. The predicted molar refractivity (Wildman–Crippen MR) is 134 cm³/mol. The summed E-state index contributed by atoms with van der Waals surface area (Å²) in [5.74, 6) is -2.59. The second kappa shape index (κ2) is 13.2. The number of nitrogens with zero attached hydrogens (tertiary/aromatic N) is 6. The van der Waals surface area contributed by atoms with Crippen molar-refractivity contribution >= 4 is 28.3 Å². The van der Waals surface area contributed by atoms with E-state index in [0.717, 1.165) is 34.2 Å². The Morgan fingerprint density at radius 3 is 2.71 bits per heavy atom. The zero-order chi connectivity index (χ0) is 29.4. The summed E-state index contributed by atoms with van der Waals surface area (Å²) >= 11 is 1.12. The number of halogens is 5. The first-order valence-electron chi connectivity index (χ1n) is 11.9. The van der Waals surface area contributed by atoms with Crippen molar-refractivity contribution in [1.82, 2.24) is 35.5 Å². The number of nitrogens with one attached hydrogen (secondary N) is 2. The Morgan fingerprint density at radius 1 is 1.12 bits per heavy atom. The van der Waals surface area contributed by atoms with E-state index in [2.05, 4.69) is 40.9 Å². The summed E-state index contributed by atoms with van der Waals surface area (Å²) in [6.45, 7) is -0.677. The lowest BCUT2D eigenvalue weighted by Crippen LogP contribution is -2.24. The van der Waals surface area contributed by atoms with Gasteiger partial charge in [0, 0.05) is 30.4 Å². The number of carbonyl (C=O) groups is 2. The molecule has 216 valence electrons. The molecule has 1 aromatic carbocycles. The highest BCUT2D eigenvalue weighted by Crippen LogP contribution is 2.25. The second-order valence-electron chi connectivity index (χ2n) is 8.49. The molecule has 0 fully saturated rings. The van der Waals surface area contributed by atoms with Gasteiger partial charge in [0.15, 0.2) is 5.69 Å². The van der Waals surface area contributed by atoms with E-state index in [1.54, 1.807) is 24.4 Å². The molecule has 3 aromatic heterocycles. The van der Waals surface area contributed by atoms with Gasteiger partial charge in [0.2, 0.25) is 11.0 Å². The van der Waals surface area contributed by atoms with E-state index in [-0.39, 0.29) is 48.1 Å². The number of alkyl halides is 4. The first kappa shape index (κ1) is 29.4. The summed E-state index contributed by atoms with van der Waals surface area (Å²) in [7, 11) is 0. The number of aryl methyl sites for hydroxylation is 1. The number of hydrogen-bond donors (Lipinski definition) is 2. The second-order valence-corrected chi connectivity index (χ2v) is 9.55. The van der Waals surface area contributed by atoms with E-state index in [1.807, 2.05) is 0 Å². The number of amides is 2. The van der Waals surface area contributed by atoms with Crippen LogP contribution in [-0.2, 0) is 30.7 Å². The zero-order valence-electron chi connectivity index (χ0n) is 20.9. The van der Waals surface area contributed by atoms with E-state index in [9.17, 15) is 31.5 Å². The fourth-order valence-electron chi connectivity index (χ4n) is 3.45. The van der Waals surface area contributed by atoms with Crippen molar-refractivity contribution in [3.63, 3.8) is 0 Å². The maximum absolute atomic E-state index is 14.6. The van der Waals surface area contributed by atoms with Crippen molar-refractivity contribution in [2.45, 2.75) is 44.9 Å². The van der Waals surface area contributed by atoms with Crippen LogP contribution in [0.1, 0.15) is 33.2 Å². The average Bonchev–Trinajstić information content (AvgIpc) is 3.57. The quantitative estimate of drug-likeness (QED) is 0.237. The molecule has 0 saturated carbocycles. The molecular weight excluding hydrogens is 575 g/mol. The number of pyridine rings is 1. The Bertz CT molecular complexity index is 1480. The molecule has 2 amide bonds. The highest BCUT2D eigenvalue weighted by molar-refractivity contribution is 7.15. The van der Waals surface area contributed by atoms with Crippen molar-refractivity contribution in [2.24, 2.45) is 0 Å². The maximum Gasteiger partial charge on any atom is 0.573 e. The molecule has 0 aliphatic heterocycles. The molecule has 0 aliphatic carbocycles. The Morgan fingerprint density at radius 2 is 1.95 bits per heavy atom. The van der Waals surface area contributed by atoms with Crippen LogP contribution in [0, 0.1) is 5.82 Å². The van der Waals surface area contributed by atoms with Crippen molar-refractivity contribution in [1.29, 1.82) is 0 Å². The van der Waals surface area contributed by atoms with Gasteiger partial charge < -0.3 is 15.4 Å². The lowest BCUT2D eigenvalue weighted by atomic mass is 10.2. The number of ether oxygens (including phenoxy) is 1. The Hall–Kier alpha value is -4.54. The standard InChI is InChI=1S/C24H21F5N8O3S/c25-15(4-7-21-34-35-23(41-21)32-20(38)10-16-3-1-2-8-30-16)12-37-13-19(33-36-37)22(39)31-11-14-9-17(5-6-18(14)26)40-24(27,28)29/h1-3,5-6,8-9,13,15H,4,7,10-12H2,(H,31,39)(H,32,35,38). The fraction of sp³-hybridized carbons (Fsp3) is 0.292. The van der Waals surface area contributed by atoms with Gasteiger partial charge in [-0.3, -0.25) is 14.6 Å². The van der Waals surface area contributed by atoms with Crippen LogP contribution < -0.4 is 15.4 Å².